The number of hydrogen-bond acceptors (Lipinski definition) is 5. The second-order valence-corrected chi connectivity index (χ2v) is 5.23. The van der Waals surface area contributed by atoms with E-state index in [0.717, 1.165) is 0 Å². The van der Waals surface area contributed by atoms with Crippen molar-refractivity contribution < 1.29 is 4.74 Å². The van der Waals surface area contributed by atoms with Crippen LogP contribution in [0.5, 0.6) is 11.5 Å². The summed E-state index contributed by atoms with van der Waals surface area (Å²) in [5, 5.41) is 1.65. The molecule has 0 aliphatic rings. The molecule has 1 aromatic heterocycles. The van der Waals surface area contributed by atoms with Crippen LogP contribution in [0, 0.1) is 0 Å². The van der Waals surface area contributed by atoms with Gasteiger partial charge in [-0.2, -0.15) is 4.98 Å². The van der Waals surface area contributed by atoms with Gasteiger partial charge >= 0.3 is 0 Å². The fraction of sp³-hybridized carbons (Fsp3) is 0. The summed E-state index contributed by atoms with van der Waals surface area (Å²) in [6.07, 6.45) is 0. The van der Waals surface area contributed by atoms with Gasteiger partial charge in [-0.15, -0.1) is 0 Å². The lowest BCUT2D eigenvalue weighted by atomic mass is 10.2. The van der Waals surface area contributed by atoms with Gasteiger partial charge in [0.2, 0.25) is 5.95 Å². The summed E-state index contributed by atoms with van der Waals surface area (Å²) in [6.45, 7) is 0. The summed E-state index contributed by atoms with van der Waals surface area (Å²) in [5.41, 5.74) is 12.0. The lowest BCUT2D eigenvalue weighted by Crippen LogP contribution is -2.00. The van der Waals surface area contributed by atoms with E-state index >= 15 is 0 Å². The SMILES string of the molecule is Nc1nc(N)c2cc(Oc3cc(Cl)cc(Cl)c3)ccc2n1. The van der Waals surface area contributed by atoms with Gasteiger partial charge in [0.05, 0.1) is 5.52 Å². The Kier molecular flexibility index (Phi) is 3.45. The number of nitrogens with zero attached hydrogens (tertiary/aromatic N) is 2. The average Bonchev–Trinajstić information content (AvgIpc) is 2.38. The van der Waals surface area contributed by atoms with E-state index in [1.807, 2.05) is 0 Å². The van der Waals surface area contributed by atoms with Crippen LogP contribution in [0.3, 0.4) is 0 Å². The van der Waals surface area contributed by atoms with Crippen molar-refractivity contribution in [2.24, 2.45) is 0 Å². The molecule has 0 aliphatic carbocycles. The molecule has 0 aliphatic heterocycles. The minimum Gasteiger partial charge on any atom is -0.457 e. The standard InChI is InChI=1S/C14H10Cl2N4O/c15-7-3-8(16)5-10(4-7)21-9-1-2-12-11(6-9)13(17)20-14(18)19-12/h1-6H,(H4,17,18,19,20). The van der Waals surface area contributed by atoms with Crippen molar-refractivity contribution in [3.63, 3.8) is 0 Å². The zero-order chi connectivity index (χ0) is 15.0. The van der Waals surface area contributed by atoms with Crippen LogP contribution in [0.25, 0.3) is 10.9 Å². The normalized spacial score (nSPS) is 10.8. The molecule has 0 bridgehead atoms. The number of anilines is 2. The largest absolute Gasteiger partial charge is 0.457 e. The Morgan fingerprint density at radius 3 is 2.29 bits per heavy atom. The summed E-state index contributed by atoms with van der Waals surface area (Å²) in [5.74, 6) is 1.53. The molecule has 3 aromatic rings. The fourth-order valence-corrected chi connectivity index (χ4v) is 2.44. The predicted molar refractivity (Wildman–Crippen MR) is 84.9 cm³/mol. The highest BCUT2D eigenvalue weighted by atomic mass is 35.5. The van der Waals surface area contributed by atoms with Crippen molar-refractivity contribution in [2.75, 3.05) is 11.5 Å². The lowest BCUT2D eigenvalue weighted by molar-refractivity contribution is 0.483. The van der Waals surface area contributed by atoms with Gasteiger partial charge in [0.15, 0.2) is 0 Å². The molecule has 0 spiro atoms. The number of aromatic nitrogens is 2. The molecule has 0 unspecified atom stereocenters. The molecule has 0 saturated heterocycles. The first-order valence-corrected chi connectivity index (χ1v) is 6.73. The van der Waals surface area contributed by atoms with Gasteiger partial charge in [0.1, 0.15) is 17.3 Å². The van der Waals surface area contributed by atoms with Crippen LogP contribution in [0.2, 0.25) is 10.0 Å². The Morgan fingerprint density at radius 1 is 0.857 bits per heavy atom. The molecular weight excluding hydrogens is 311 g/mol. The van der Waals surface area contributed by atoms with Gasteiger partial charge in [-0.1, -0.05) is 23.2 Å². The van der Waals surface area contributed by atoms with Crippen LogP contribution >= 0.6 is 23.2 Å². The summed E-state index contributed by atoms with van der Waals surface area (Å²) >= 11 is 11.9. The van der Waals surface area contributed by atoms with E-state index in [1.165, 1.54) is 0 Å². The van der Waals surface area contributed by atoms with Gasteiger partial charge in [-0.05, 0) is 36.4 Å². The Labute approximate surface area is 130 Å². The molecule has 0 amide bonds. The quantitative estimate of drug-likeness (QED) is 0.747. The Bertz CT molecular complexity index is 818. The number of rotatable bonds is 2. The fourth-order valence-electron chi connectivity index (χ4n) is 1.94. The summed E-state index contributed by atoms with van der Waals surface area (Å²) in [7, 11) is 0. The number of fused-ring (bicyclic) bond motifs is 1. The van der Waals surface area contributed by atoms with Crippen molar-refractivity contribution in [1.29, 1.82) is 0 Å². The van der Waals surface area contributed by atoms with Gasteiger partial charge in [-0.25, -0.2) is 4.98 Å². The van der Waals surface area contributed by atoms with Crippen molar-refractivity contribution in [2.45, 2.75) is 0 Å². The molecule has 0 saturated carbocycles. The van der Waals surface area contributed by atoms with E-state index in [1.54, 1.807) is 36.4 Å². The second kappa shape index (κ2) is 5.27. The second-order valence-electron chi connectivity index (χ2n) is 4.35. The topological polar surface area (TPSA) is 87.0 Å². The summed E-state index contributed by atoms with van der Waals surface area (Å²) < 4.78 is 5.72. The minimum atomic E-state index is 0.135. The first-order chi connectivity index (χ1) is 10.0. The molecule has 0 atom stereocenters. The number of nitrogens with two attached hydrogens (primary N) is 2. The van der Waals surface area contributed by atoms with Crippen LogP contribution in [0.15, 0.2) is 36.4 Å². The Morgan fingerprint density at radius 2 is 1.57 bits per heavy atom. The van der Waals surface area contributed by atoms with E-state index in [0.29, 0.717) is 38.3 Å². The molecule has 106 valence electrons. The van der Waals surface area contributed by atoms with Crippen molar-refractivity contribution in [3.05, 3.63) is 46.4 Å². The molecule has 5 nitrogen and oxygen atoms in total. The van der Waals surface area contributed by atoms with E-state index in [9.17, 15) is 0 Å². The summed E-state index contributed by atoms with van der Waals surface area (Å²) in [6, 6.07) is 10.2. The van der Waals surface area contributed by atoms with Gasteiger partial charge in [0, 0.05) is 15.4 Å². The van der Waals surface area contributed by atoms with E-state index in [2.05, 4.69) is 9.97 Å². The zero-order valence-corrected chi connectivity index (χ0v) is 12.2. The Balaban J connectivity index is 2.01. The molecule has 4 N–H and O–H groups in total. The zero-order valence-electron chi connectivity index (χ0n) is 10.7. The van der Waals surface area contributed by atoms with Gasteiger partial charge in [-0.3, -0.25) is 0 Å². The molecule has 21 heavy (non-hydrogen) atoms. The van der Waals surface area contributed by atoms with Crippen LogP contribution in [0.1, 0.15) is 0 Å². The molecular formula is C14H10Cl2N4O. The molecule has 3 rings (SSSR count). The summed E-state index contributed by atoms with van der Waals surface area (Å²) in [4.78, 5) is 8.03. The minimum absolute atomic E-state index is 0.135. The third-order valence-electron chi connectivity index (χ3n) is 2.79. The van der Waals surface area contributed by atoms with Gasteiger partial charge in [0.25, 0.3) is 0 Å². The number of hydrogen-bond donors (Lipinski definition) is 2. The monoisotopic (exact) mass is 320 g/mol. The van der Waals surface area contributed by atoms with E-state index in [4.69, 9.17) is 39.4 Å². The van der Waals surface area contributed by atoms with E-state index < -0.39 is 0 Å². The third-order valence-corrected chi connectivity index (χ3v) is 3.22. The smallest absolute Gasteiger partial charge is 0.222 e. The highest BCUT2D eigenvalue weighted by molar-refractivity contribution is 6.34. The Hall–Kier alpha value is -2.24. The van der Waals surface area contributed by atoms with Crippen molar-refractivity contribution in [3.8, 4) is 11.5 Å². The maximum absolute atomic E-state index is 5.94. The number of benzene rings is 2. The maximum atomic E-state index is 5.94. The molecule has 7 heteroatoms. The van der Waals surface area contributed by atoms with E-state index in [-0.39, 0.29) is 5.95 Å². The van der Waals surface area contributed by atoms with Crippen LogP contribution in [0.4, 0.5) is 11.8 Å². The average molecular weight is 321 g/mol. The lowest BCUT2D eigenvalue weighted by Gasteiger charge is -2.08. The number of halogens is 2. The molecule has 2 aromatic carbocycles. The highest BCUT2D eigenvalue weighted by Crippen LogP contribution is 2.30. The van der Waals surface area contributed by atoms with Crippen molar-refractivity contribution in [1.82, 2.24) is 9.97 Å². The molecule has 1 heterocycles. The van der Waals surface area contributed by atoms with Crippen LogP contribution in [-0.4, -0.2) is 9.97 Å². The third kappa shape index (κ3) is 2.94. The van der Waals surface area contributed by atoms with Crippen LogP contribution in [-0.2, 0) is 0 Å². The first-order valence-electron chi connectivity index (χ1n) is 5.98. The van der Waals surface area contributed by atoms with Crippen molar-refractivity contribution >= 4 is 45.9 Å². The number of nitrogen functional groups attached to an aromatic ring is 2. The predicted octanol–water partition coefficient (Wildman–Crippen LogP) is 3.89. The first kappa shape index (κ1) is 13.7. The maximum Gasteiger partial charge on any atom is 0.222 e. The highest BCUT2D eigenvalue weighted by Gasteiger charge is 2.07. The van der Waals surface area contributed by atoms with Crippen LogP contribution < -0.4 is 16.2 Å². The molecule has 0 radical (unpaired) electrons. The molecule has 0 fully saturated rings. The van der Waals surface area contributed by atoms with Gasteiger partial charge < -0.3 is 16.2 Å². The number of ether oxygens (including phenoxy) is 1.